The van der Waals surface area contributed by atoms with E-state index in [4.69, 9.17) is 10.5 Å². The molecule has 3 nitrogen and oxygen atoms in total. The fraction of sp³-hybridized carbons (Fsp3) is 0.538. The highest BCUT2D eigenvalue weighted by molar-refractivity contribution is 5.58. The summed E-state index contributed by atoms with van der Waals surface area (Å²) < 4.78 is 31.4. The van der Waals surface area contributed by atoms with Crippen molar-refractivity contribution in [2.75, 3.05) is 24.2 Å². The van der Waals surface area contributed by atoms with Gasteiger partial charge >= 0.3 is 0 Å². The maximum absolute atomic E-state index is 12.9. The Kier molecular flexibility index (Phi) is 3.71. The van der Waals surface area contributed by atoms with Crippen molar-refractivity contribution in [1.29, 1.82) is 0 Å². The number of hydrogen-bond acceptors (Lipinski definition) is 3. The first-order chi connectivity index (χ1) is 8.50. The van der Waals surface area contributed by atoms with Crippen molar-refractivity contribution in [2.24, 2.45) is 0 Å². The van der Waals surface area contributed by atoms with Crippen LogP contribution in [0.2, 0.25) is 0 Å². The minimum Gasteiger partial charge on any atom is -0.399 e. The lowest BCUT2D eigenvalue weighted by atomic mass is 10.0. The standard InChI is InChI=1S/C13H18F2N2O/c1-13(5-2-6-18-13)8-17-11-4-3-9(16)7-10(11)12(14)15/h3-4,7,12,17H,2,5-6,8,16H2,1H3. The fourth-order valence-corrected chi connectivity index (χ4v) is 2.18. The van der Waals surface area contributed by atoms with Crippen molar-refractivity contribution in [1.82, 2.24) is 0 Å². The normalized spacial score (nSPS) is 23.6. The minimum absolute atomic E-state index is 0.0587. The van der Waals surface area contributed by atoms with Crippen LogP contribution in [0.1, 0.15) is 31.8 Å². The molecule has 1 saturated heterocycles. The first-order valence-electron chi connectivity index (χ1n) is 6.06. The summed E-state index contributed by atoms with van der Waals surface area (Å²) in [6, 6.07) is 4.52. The molecular formula is C13H18F2N2O. The van der Waals surface area contributed by atoms with Gasteiger partial charge < -0.3 is 15.8 Å². The average Bonchev–Trinajstić information content (AvgIpc) is 2.75. The van der Waals surface area contributed by atoms with Crippen molar-refractivity contribution in [3.8, 4) is 0 Å². The van der Waals surface area contributed by atoms with E-state index in [1.165, 1.54) is 6.07 Å². The van der Waals surface area contributed by atoms with Crippen LogP contribution in [0, 0.1) is 0 Å². The van der Waals surface area contributed by atoms with Crippen LogP contribution in [0.15, 0.2) is 18.2 Å². The molecule has 18 heavy (non-hydrogen) atoms. The van der Waals surface area contributed by atoms with E-state index in [1.807, 2.05) is 6.92 Å². The van der Waals surface area contributed by atoms with Gasteiger partial charge in [0.1, 0.15) is 0 Å². The molecule has 1 unspecified atom stereocenters. The summed E-state index contributed by atoms with van der Waals surface area (Å²) in [5.74, 6) is 0. The molecule has 5 heteroatoms. The van der Waals surface area contributed by atoms with Crippen molar-refractivity contribution in [3.63, 3.8) is 0 Å². The van der Waals surface area contributed by atoms with E-state index >= 15 is 0 Å². The molecule has 2 rings (SSSR count). The lowest BCUT2D eigenvalue weighted by Gasteiger charge is -2.25. The Bertz CT molecular complexity index is 417. The highest BCUT2D eigenvalue weighted by Crippen LogP contribution is 2.31. The van der Waals surface area contributed by atoms with Gasteiger partial charge in [0.25, 0.3) is 6.43 Å². The quantitative estimate of drug-likeness (QED) is 0.813. The second kappa shape index (κ2) is 5.10. The largest absolute Gasteiger partial charge is 0.399 e. The summed E-state index contributed by atoms with van der Waals surface area (Å²) in [6.07, 6.45) is -0.575. The van der Waals surface area contributed by atoms with Gasteiger partial charge in [-0.2, -0.15) is 0 Å². The van der Waals surface area contributed by atoms with Crippen molar-refractivity contribution in [3.05, 3.63) is 23.8 Å². The summed E-state index contributed by atoms with van der Waals surface area (Å²) in [7, 11) is 0. The highest BCUT2D eigenvalue weighted by Gasteiger charge is 2.29. The number of anilines is 2. The van der Waals surface area contributed by atoms with Gasteiger partial charge in [0.05, 0.1) is 5.60 Å². The zero-order valence-corrected chi connectivity index (χ0v) is 10.4. The Labute approximate surface area is 105 Å². The zero-order valence-electron chi connectivity index (χ0n) is 10.4. The molecule has 0 aliphatic carbocycles. The first kappa shape index (κ1) is 13.1. The number of benzene rings is 1. The number of rotatable bonds is 4. The zero-order chi connectivity index (χ0) is 13.2. The monoisotopic (exact) mass is 256 g/mol. The van der Waals surface area contributed by atoms with Crippen LogP contribution in [0.4, 0.5) is 20.2 Å². The molecule has 0 spiro atoms. The number of ether oxygens (including phenoxy) is 1. The number of halogens is 2. The molecule has 0 bridgehead atoms. The summed E-state index contributed by atoms with van der Waals surface area (Å²) in [4.78, 5) is 0. The van der Waals surface area contributed by atoms with Crippen LogP contribution in [0.5, 0.6) is 0 Å². The Hall–Kier alpha value is -1.36. The van der Waals surface area contributed by atoms with E-state index < -0.39 is 6.43 Å². The SMILES string of the molecule is CC1(CNc2ccc(N)cc2C(F)F)CCCO1. The lowest BCUT2D eigenvalue weighted by Crippen LogP contribution is -2.32. The van der Waals surface area contributed by atoms with Gasteiger partial charge in [-0.3, -0.25) is 0 Å². The third kappa shape index (κ3) is 2.90. The van der Waals surface area contributed by atoms with Gasteiger partial charge in [-0.05, 0) is 38.0 Å². The van der Waals surface area contributed by atoms with E-state index in [0.717, 1.165) is 19.4 Å². The molecule has 1 aromatic carbocycles. The topological polar surface area (TPSA) is 47.3 Å². The predicted molar refractivity (Wildman–Crippen MR) is 67.9 cm³/mol. The van der Waals surface area contributed by atoms with Crippen LogP contribution in [-0.2, 0) is 4.74 Å². The van der Waals surface area contributed by atoms with Gasteiger partial charge in [0, 0.05) is 30.1 Å². The molecule has 1 aromatic rings. The van der Waals surface area contributed by atoms with Crippen molar-refractivity contribution >= 4 is 11.4 Å². The molecular weight excluding hydrogens is 238 g/mol. The third-order valence-corrected chi connectivity index (χ3v) is 3.26. The second-order valence-electron chi connectivity index (χ2n) is 4.90. The van der Waals surface area contributed by atoms with Crippen LogP contribution >= 0.6 is 0 Å². The summed E-state index contributed by atoms with van der Waals surface area (Å²) in [6.45, 7) is 3.25. The van der Waals surface area contributed by atoms with Gasteiger partial charge in [0.15, 0.2) is 0 Å². The van der Waals surface area contributed by atoms with Crippen LogP contribution in [-0.4, -0.2) is 18.8 Å². The first-order valence-corrected chi connectivity index (χ1v) is 6.06. The predicted octanol–water partition coefficient (Wildman–Crippen LogP) is 3.19. The van der Waals surface area contributed by atoms with Gasteiger partial charge in [-0.15, -0.1) is 0 Å². The Morgan fingerprint density at radius 3 is 2.89 bits per heavy atom. The third-order valence-electron chi connectivity index (χ3n) is 3.26. The number of nitrogen functional groups attached to an aromatic ring is 1. The van der Waals surface area contributed by atoms with E-state index in [1.54, 1.807) is 12.1 Å². The minimum atomic E-state index is -2.53. The smallest absolute Gasteiger partial charge is 0.265 e. The molecule has 100 valence electrons. The van der Waals surface area contributed by atoms with Crippen LogP contribution in [0.25, 0.3) is 0 Å². The molecule has 1 aliphatic rings. The lowest BCUT2D eigenvalue weighted by molar-refractivity contribution is 0.0314. The average molecular weight is 256 g/mol. The summed E-state index contributed by atoms with van der Waals surface area (Å²) in [5, 5.41) is 3.04. The maximum Gasteiger partial charge on any atom is 0.265 e. The molecule has 1 heterocycles. The highest BCUT2D eigenvalue weighted by atomic mass is 19.3. The number of hydrogen-bond donors (Lipinski definition) is 2. The molecule has 0 amide bonds. The number of nitrogens with two attached hydrogens (primary N) is 1. The molecule has 1 atom stereocenters. The molecule has 0 radical (unpaired) electrons. The van der Waals surface area contributed by atoms with Gasteiger partial charge in [-0.25, -0.2) is 8.78 Å². The molecule has 0 saturated carbocycles. The molecule has 0 aromatic heterocycles. The Morgan fingerprint density at radius 2 is 2.28 bits per heavy atom. The van der Waals surface area contributed by atoms with E-state index in [-0.39, 0.29) is 11.2 Å². The summed E-state index contributed by atoms with van der Waals surface area (Å²) in [5.41, 5.74) is 5.98. The van der Waals surface area contributed by atoms with Gasteiger partial charge in [0.2, 0.25) is 0 Å². The van der Waals surface area contributed by atoms with E-state index in [0.29, 0.717) is 17.9 Å². The van der Waals surface area contributed by atoms with Crippen LogP contribution in [0.3, 0.4) is 0 Å². The Balaban J connectivity index is 2.09. The Morgan fingerprint density at radius 1 is 1.50 bits per heavy atom. The summed E-state index contributed by atoms with van der Waals surface area (Å²) >= 11 is 0. The molecule has 3 N–H and O–H groups in total. The van der Waals surface area contributed by atoms with Gasteiger partial charge in [-0.1, -0.05) is 0 Å². The molecule has 1 aliphatic heterocycles. The van der Waals surface area contributed by atoms with Crippen molar-refractivity contribution in [2.45, 2.75) is 31.8 Å². The fourth-order valence-electron chi connectivity index (χ4n) is 2.18. The van der Waals surface area contributed by atoms with E-state index in [2.05, 4.69) is 5.32 Å². The van der Waals surface area contributed by atoms with Crippen LogP contribution < -0.4 is 11.1 Å². The van der Waals surface area contributed by atoms with Crippen molar-refractivity contribution < 1.29 is 13.5 Å². The van der Waals surface area contributed by atoms with E-state index in [9.17, 15) is 8.78 Å². The molecule has 1 fully saturated rings. The number of nitrogens with one attached hydrogen (secondary N) is 1. The second-order valence-corrected chi connectivity index (χ2v) is 4.90. The maximum atomic E-state index is 12.9. The number of alkyl halides is 2.